The molecule has 160 valence electrons. The minimum atomic E-state index is -0.474. The Kier molecular flexibility index (Phi) is 5.32. The number of nitrogens with zero attached hydrogens (tertiary/aromatic N) is 1. The van der Waals surface area contributed by atoms with Gasteiger partial charge in [-0.3, -0.25) is 14.5 Å². The van der Waals surface area contributed by atoms with Crippen LogP contribution in [-0.4, -0.2) is 11.7 Å². The van der Waals surface area contributed by atoms with Crippen molar-refractivity contribution < 1.29 is 9.59 Å². The molecule has 0 saturated carbocycles. The van der Waals surface area contributed by atoms with E-state index in [9.17, 15) is 9.59 Å². The Morgan fingerprint density at radius 2 is 1.59 bits per heavy atom. The summed E-state index contributed by atoms with van der Waals surface area (Å²) in [5.41, 5.74) is 5.18. The maximum absolute atomic E-state index is 13.7. The normalized spacial score (nSPS) is 20.2. The minimum absolute atomic E-state index is 0.0541. The molecule has 5 heteroatoms. The predicted molar refractivity (Wildman–Crippen MR) is 128 cm³/mol. The van der Waals surface area contributed by atoms with Crippen molar-refractivity contribution in [3.63, 3.8) is 0 Å². The van der Waals surface area contributed by atoms with E-state index < -0.39 is 6.04 Å². The van der Waals surface area contributed by atoms with Gasteiger partial charge in [0.2, 0.25) is 5.91 Å². The summed E-state index contributed by atoms with van der Waals surface area (Å²) in [6.07, 6.45) is 1.08. The zero-order valence-electron chi connectivity index (χ0n) is 17.7. The second kappa shape index (κ2) is 8.29. The molecule has 4 nitrogen and oxygen atoms in total. The fraction of sp³-hybridized carbons (Fsp3) is 0.185. The first-order chi connectivity index (χ1) is 15.5. The van der Waals surface area contributed by atoms with Crippen LogP contribution in [0.3, 0.4) is 0 Å². The molecule has 0 spiro atoms. The molecule has 1 heterocycles. The van der Waals surface area contributed by atoms with Gasteiger partial charge in [-0.1, -0.05) is 66.2 Å². The highest BCUT2D eigenvalue weighted by Gasteiger charge is 2.40. The number of benzene rings is 3. The monoisotopic (exact) mass is 442 g/mol. The Morgan fingerprint density at radius 3 is 2.31 bits per heavy atom. The smallest absolute Gasteiger partial charge is 0.224 e. The molecular weight excluding hydrogens is 420 g/mol. The molecule has 2 aliphatic rings. The summed E-state index contributed by atoms with van der Waals surface area (Å²) in [6.45, 7) is 1.56. The van der Waals surface area contributed by atoms with E-state index in [0.29, 0.717) is 23.4 Å². The van der Waals surface area contributed by atoms with Gasteiger partial charge in [-0.15, -0.1) is 0 Å². The average molecular weight is 443 g/mol. The lowest BCUT2D eigenvalue weighted by Gasteiger charge is -2.34. The van der Waals surface area contributed by atoms with Crippen LogP contribution in [0.2, 0.25) is 5.02 Å². The third-order valence-electron chi connectivity index (χ3n) is 6.28. The van der Waals surface area contributed by atoms with Crippen molar-refractivity contribution >= 4 is 34.7 Å². The van der Waals surface area contributed by atoms with Crippen LogP contribution in [0.25, 0.3) is 0 Å². The number of para-hydroxylation sites is 2. The number of hydrogen-bond acceptors (Lipinski definition) is 3. The molecular formula is C27H23ClN2O2. The van der Waals surface area contributed by atoms with Gasteiger partial charge in [0, 0.05) is 29.6 Å². The Bertz CT molecular complexity index is 1220. The van der Waals surface area contributed by atoms with Gasteiger partial charge >= 0.3 is 0 Å². The summed E-state index contributed by atoms with van der Waals surface area (Å²) < 4.78 is 0. The van der Waals surface area contributed by atoms with Crippen LogP contribution < -0.4 is 10.2 Å². The van der Waals surface area contributed by atoms with Crippen LogP contribution in [-0.2, 0) is 9.59 Å². The van der Waals surface area contributed by atoms with Gasteiger partial charge in [0.15, 0.2) is 5.78 Å². The molecule has 1 amide bonds. The molecule has 2 atom stereocenters. The summed E-state index contributed by atoms with van der Waals surface area (Å²) in [5, 5.41) is 4.21. The van der Waals surface area contributed by atoms with Crippen molar-refractivity contribution in [2.24, 2.45) is 0 Å². The number of Topliss-reactive ketones (excluding diaryl/α,β-unsaturated/α-hetero) is 1. The Morgan fingerprint density at radius 1 is 0.906 bits per heavy atom. The van der Waals surface area contributed by atoms with E-state index in [4.69, 9.17) is 11.6 Å². The molecule has 0 bridgehead atoms. The lowest BCUT2D eigenvalue weighted by molar-refractivity contribution is -0.117. The van der Waals surface area contributed by atoms with Crippen molar-refractivity contribution in [1.29, 1.82) is 0 Å². The molecule has 1 aliphatic heterocycles. The van der Waals surface area contributed by atoms with Gasteiger partial charge in [0.1, 0.15) is 0 Å². The number of ketones is 1. The summed E-state index contributed by atoms with van der Waals surface area (Å²) in [5.74, 6) is 0.0135. The molecule has 32 heavy (non-hydrogen) atoms. The van der Waals surface area contributed by atoms with Crippen LogP contribution in [0.1, 0.15) is 42.9 Å². The zero-order valence-corrected chi connectivity index (χ0v) is 18.5. The first-order valence-corrected chi connectivity index (χ1v) is 11.1. The number of anilines is 2. The SMILES string of the molecule is CC(=O)N1c2ccccc2NC2=C(C(=O)CC(c3ccc(Cl)cc3)C2)C1c1ccccc1. The Hall–Kier alpha value is -3.37. The van der Waals surface area contributed by atoms with Crippen molar-refractivity contribution in [3.05, 3.63) is 106 Å². The van der Waals surface area contributed by atoms with Crippen molar-refractivity contribution in [2.75, 3.05) is 10.2 Å². The molecule has 0 saturated heterocycles. The molecule has 5 rings (SSSR count). The summed E-state index contributed by atoms with van der Waals surface area (Å²) >= 11 is 6.07. The zero-order chi connectivity index (χ0) is 22.2. The lowest BCUT2D eigenvalue weighted by atomic mass is 9.78. The summed E-state index contributed by atoms with van der Waals surface area (Å²) in [4.78, 5) is 28.4. The van der Waals surface area contributed by atoms with Crippen LogP contribution in [0.5, 0.6) is 0 Å². The number of fused-ring (bicyclic) bond motifs is 1. The predicted octanol–water partition coefficient (Wildman–Crippen LogP) is 6.26. The maximum Gasteiger partial charge on any atom is 0.224 e. The van der Waals surface area contributed by atoms with Gasteiger partial charge in [0.05, 0.1) is 17.4 Å². The molecule has 0 radical (unpaired) electrons. The lowest BCUT2D eigenvalue weighted by Crippen LogP contribution is -2.37. The highest BCUT2D eigenvalue weighted by atomic mass is 35.5. The Labute approximate surface area is 192 Å². The molecule has 0 fully saturated rings. The molecule has 3 aromatic rings. The molecule has 1 N–H and O–H groups in total. The third kappa shape index (κ3) is 3.61. The first kappa shape index (κ1) is 20.5. The number of amides is 1. The first-order valence-electron chi connectivity index (χ1n) is 10.8. The number of rotatable bonds is 2. The largest absolute Gasteiger partial charge is 0.357 e. The summed E-state index contributed by atoms with van der Waals surface area (Å²) in [6, 6.07) is 24.8. The number of carbonyl (C=O) groups excluding carboxylic acids is 2. The Balaban J connectivity index is 1.68. The fourth-order valence-corrected chi connectivity index (χ4v) is 4.99. The number of hydrogen-bond donors (Lipinski definition) is 1. The van der Waals surface area contributed by atoms with E-state index >= 15 is 0 Å². The highest BCUT2D eigenvalue weighted by molar-refractivity contribution is 6.30. The topological polar surface area (TPSA) is 49.4 Å². The molecule has 3 aromatic carbocycles. The quantitative estimate of drug-likeness (QED) is 0.509. The van der Waals surface area contributed by atoms with E-state index in [1.165, 1.54) is 0 Å². The van der Waals surface area contributed by atoms with Crippen LogP contribution in [0.4, 0.5) is 11.4 Å². The van der Waals surface area contributed by atoms with Crippen molar-refractivity contribution in [2.45, 2.75) is 31.7 Å². The van der Waals surface area contributed by atoms with Gasteiger partial charge < -0.3 is 5.32 Å². The second-order valence-electron chi connectivity index (χ2n) is 8.32. The molecule has 0 aromatic heterocycles. The number of halogens is 1. The van der Waals surface area contributed by atoms with E-state index in [1.807, 2.05) is 78.9 Å². The van der Waals surface area contributed by atoms with Crippen LogP contribution in [0.15, 0.2) is 90.1 Å². The second-order valence-corrected chi connectivity index (χ2v) is 8.75. The van der Waals surface area contributed by atoms with E-state index in [2.05, 4.69) is 5.32 Å². The number of carbonyl (C=O) groups is 2. The highest BCUT2D eigenvalue weighted by Crippen LogP contribution is 2.47. The van der Waals surface area contributed by atoms with Crippen molar-refractivity contribution in [1.82, 2.24) is 0 Å². The van der Waals surface area contributed by atoms with Crippen LogP contribution in [0, 0.1) is 0 Å². The van der Waals surface area contributed by atoms with E-state index in [0.717, 1.165) is 28.2 Å². The van der Waals surface area contributed by atoms with Crippen molar-refractivity contribution in [3.8, 4) is 0 Å². The van der Waals surface area contributed by atoms with Gasteiger partial charge in [-0.2, -0.15) is 0 Å². The molecule has 1 aliphatic carbocycles. The average Bonchev–Trinajstić information content (AvgIpc) is 2.94. The third-order valence-corrected chi connectivity index (χ3v) is 6.54. The van der Waals surface area contributed by atoms with E-state index in [-0.39, 0.29) is 17.6 Å². The standard InChI is InChI=1S/C27H23ClN2O2/c1-17(31)30-24-10-6-5-9-22(24)29-23-15-20(18-11-13-21(28)14-12-18)16-25(32)26(23)27(30)19-7-3-2-4-8-19/h2-14,20,27,29H,15-16H2,1H3. The minimum Gasteiger partial charge on any atom is -0.357 e. The summed E-state index contributed by atoms with van der Waals surface area (Å²) in [7, 11) is 0. The fourth-order valence-electron chi connectivity index (χ4n) is 4.86. The van der Waals surface area contributed by atoms with Crippen LogP contribution >= 0.6 is 11.6 Å². The van der Waals surface area contributed by atoms with Gasteiger partial charge in [-0.05, 0) is 47.7 Å². The maximum atomic E-state index is 13.7. The van der Waals surface area contributed by atoms with E-state index in [1.54, 1.807) is 11.8 Å². The van der Waals surface area contributed by atoms with Gasteiger partial charge in [0.25, 0.3) is 0 Å². The number of allylic oxidation sites excluding steroid dienone is 1. The number of nitrogens with one attached hydrogen (secondary N) is 1. The molecule has 2 unspecified atom stereocenters. The van der Waals surface area contributed by atoms with Gasteiger partial charge in [-0.25, -0.2) is 0 Å².